The largest absolute Gasteiger partial charge is 0.492 e. The van der Waals surface area contributed by atoms with Crippen LogP contribution in [0.1, 0.15) is 37.3 Å². The molecule has 0 saturated carbocycles. The molecule has 2 amide bonds. The molecule has 2 N–H and O–H groups in total. The lowest BCUT2D eigenvalue weighted by Crippen LogP contribution is -2.43. The standard InChI is InChI=1S/C19H25N3O6/c1-4-6-11-13(9-21-22-19(24)12-7-5-8-20-18(12)23)15(26-3)17-16(14(11)25-2)27-10-28-17/h9,12H,4-8,10H2,1-3H3,(H,20,23)(H,22,24)/b21-9-/t12-/m1/s1. The molecule has 0 bridgehead atoms. The first kappa shape index (κ1) is 19.8. The maximum absolute atomic E-state index is 12.3. The van der Waals surface area contributed by atoms with E-state index in [0.717, 1.165) is 18.4 Å². The van der Waals surface area contributed by atoms with Crippen LogP contribution in [0.15, 0.2) is 5.10 Å². The Bertz CT molecular complexity index is 793. The Morgan fingerprint density at radius 1 is 1.29 bits per heavy atom. The van der Waals surface area contributed by atoms with Gasteiger partial charge in [0.05, 0.1) is 20.4 Å². The molecule has 1 atom stereocenters. The first-order valence-electron chi connectivity index (χ1n) is 9.29. The third-order valence-corrected chi connectivity index (χ3v) is 4.75. The van der Waals surface area contributed by atoms with Crippen molar-refractivity contribution in [2.45, 2.75) is 32.6 Å². The highest BCUT2D eigenvalue weighted by Crippen LogP contribution is 2.51. The molecule has 2 aliphatic rings. The van der Waals surface area contributed by atoms with Gasteiger partial charge in [-0.05, 0) is 19.3 Å². The number of hydrazone groups is 1. The van der Waals surface area contributed by atoms with E-state index >= 15 is 0 Å². The monoisotopic (exact) mass is 391 g/mol. The Morgan fingerprint density at radius 2 is 2.00 bits per heavy atom. The Morgan fingerprint density at radius 3 is 2.64 bits per heavy atom. The summed E-state index contributed by atoms with van der Waals surface area (Å²) in [5, 5.41) is 6.76. The number of nitrogens with zero attached hydrogens (tertiary/aromatic N) is 1. The van der Waals surface area contributed by atoms with Crippen LogP contribution < -0.4 is 29.7 Å². The number of piperidine rings is 1. The lowest BCUT2D eigenvalue weighted by molar-refractivity contribution is -0.136. The van der Waals surface area contributed by atoms with Crippen LogP contribution in [0.3, 0.4) is 0 Å². The summed E-state index contributed by atoms with van der Waals surface area (Å²) in [6.45, 7) is 2.71. The smallest absolute Gasteiger partial charge is 0.252 e. The van der Waals surface area contributed by atoms with Crippen LogP contribution in [0, 0.1) is 5.92 Å². The van der Waals surface area contributed by atoms with E-state index < -0.39 is 11.8 Å². The topological polar surface area (TPSA) is 107 Å². The minimum atomic E-state index is -0.728. The van der Waals surface area contributed by atoms with Gasteiger partial charge in [-0.25, -0.2) is 5.43 Å². The summed E-state index contributed by atoms with van der Waals surface area (Å²) < 4.78 is 22.2. The first-order chi connectivity index (χ1) is 13.6. The van der Waals surface area contributed by atoms with Gasteiger partial charge >= 0.3 is 0 Å². The summed E-state index contributed by atoms with van der Waals surface area (Å²) in [6, 6.07) is 0. The van der Waals surface area contributed by atoms with E-state index in [1.165, 1.54) is 13.3 Å². The predicted molar refractivity (Wildman–Crippen MR) is 101 cm³/mol. The van der Waals surface area contributed by atoms with Crippen LogP contribution in [0.5, 0.6) is 23.0 Å². The highest BCUT2D eigenvalue weighted by atomic mass is 16.7. The molecule has 9 heteroatoms. The van der Waals surface area contributed by atoms with E-state index in [9.17, 15) is 9.59 Å². The van der Waals surface area contributed by atoms with Crippen LogP contribution in [0.25, 0.3) is 0 Å². The molecule has 1 fully saturated rings. The van der Waals surface area contributed by atoms with Crippen molar-refractivity contribution in [3.05, 3.63) is 11.1 Å². The Hall–Kier alpha value is -2.97. The fraction of sp³-hybridized carbons (Fsp3) is 0.526. The minimum Gasteiger partial charge on any atom is -0.492 e. The molecule has 28 heavy (non-hydrogen) atoms. The second kappa shape index (κ2) is 8.81. The second-order valence-corrected chi connectivity index (χ2v) is 6.49. The van der Waals surface area contributed by atoms with Crippen molar-refractivity contribution in [3.8, 4) is 23.0 Å². The van der Waals surface area contributed by atoms with Gasteiger partial charge in [0.1, 0.15) is 5.92 Å². The van der Waals surface area contributed by atoms with Gasteiger partial charge < -0.3 is 24.3 Å². The van der Waals surface area contributed by atoms with Gasteiger partial charge in [0.25, 0.3) is 5.91 Å². The number of nitrogens with one attached hydrogen (secondary N) is 2. The van der Waals surface area contributed by atoms with Gasteiger partial charge in [0, 0.05) is 17.7 Å². The molecule has 0 aromatic heterocycles. The Labute approximate surface area is 163 Å². The molecule has 1 saturated heterocycles. The minimum absolute atomic E-state index is 0.0712. The number of amides is 2. The first-order valence-corrected chi connectivity index (χ1v) is 9.29. The van der Waals surface area contributed by atoms with Gasteiger partial charge in [0.15, 0.2) is 11.5 Å². The summed E-state index contributed by atoms with van der Waals surface area (Å²) in [4.78, 5) is 24.1. The normalized spacial score (nSPS) is 18.1. The van der Waals surface area contributed by atoms with Crippen molar-refractivity contribution in [2.75, 3.05) is 27.6 Å². The highest BCUT2D eigenvalue weighted by Gasteiger charge is 2.31. The number of ether oxygens (including phenoxy) is 4. The van der Waals surface area contributed by atoms with Crippen LogP contribution in [-0.2, 0) is 16.0 Å². The summed E-state index contributed by atoms with van der Waals surface area (Å²) in [5.41, 5.74) is 3.94. The third-order valence-electron chi connectivity index (χ3n) is 4.75. The van der Waals surface area contributed by atoms with E-state index in [4.69, 9.17) is 18.9 Å². The Kier molecular flexibility index (Phi) is 6.23. The van der Waals surface area contributed by atoms with Gasteiger partial charge in [-0.15, -0.1) is 0 Å². The zero-order valence-electron chi connectivity index (χ0n) is 16.3. The quantitative estimate of drug-likeness (QED) is 0.413. The van der Waals surface area contributed by atoms with Gasteiger partial charge in [-0.2, -0.15) is 5.10 Å². The summed E-state index contributed by atoms with van der Waals surface area (Å²) in [6.07, 6.45) is 4.31. The number of hydrogen-bond acceptors (Lipinski definition) is 7. The summed E-state index contributed by atoms with van der Waals surface area (Å²) >= 11 is 0. The molecule has 152 valence electrons. The van der Waals surface area contributed by atoms with Crippen molar-refractivity contribution in [1.29, 1.82) is 0 Å². The van der Waals surface area contributed by atoms with Crippen molar-refractivity contribution in [3.63, 3.8) is 0 Å². The zero-order chi connectivity index (χ0) is 20.1. The average molecular weight is 391 g/mol. The number of fused-ring (bicyclic) bond motifs is 1. The summed E-state index contributed by atoms with van der Waals surface area (Å²) in [7, 11) is 3.09. The maximum Gasteiger partial charge on any atom is 0.252 e. The number of rotatable bonds is 7. The molecule has 0 aliphatic carbocycles. The van der Waals surface area contributed by atoms with E-state index in [1.54, 1.807) is 7.11 Å². The molecule has 2 aliphatic heterocycles. The van der Waals surface area contributed by atoms with Crippen LogP contribution in [0.2, 0.25) is 0 Å². The number of benzene rings is 1. The third kappa shape index (κ3) is 3.69. The fourth-order valence-corrected chi connectivity index (χ4v) is 3.45. The second-order valence-electron chi connectivity index (χ2n) is 6.49. The molecular formula is C19H25N3O6. The molecule has 9 nitrogen and oxygen atoms in total. The number of methoxy groups -OCH3 is 2. The highest BCUT2D eigenvalue weighted by molar-refractivity contribution is 6.01. The molecule has 0 spiro atoms. The van der Waals surface area contributed by atoms with Crippen LogP contribution in [0.4, 0.5) is 0 Å². The predicted octanol–water partition coefficient (Wildman–Crippen LogP) is 1.36. The lowest BCUT2D eigenvalue weighted by atomic mass is 9.98. The van der Waals surface area contributed by atoms with Crippen molar-refractivity contribution >= 4 is 18.0 Å². The van der Waals surface area contributed by atoms with E-state index in [-0.39, 0.29) is 12.7 Å². The molecule has 3 rings (SSSR count). The maximum atomic E-state index is 12.3. The molecule has 1 aromatic carbocycles. The molecular weight excluding hydrogens is 366 g/mol. The number of carbonyl (C=O) groups excluding carboxylic acids is 2. The summed E-state index contributed by atoms with van der Waals surface area (Å²) in [5.74, 6) is 0.542. The fourth-order valence-electron chi connectivity index (χ4n) is 3.45. The number of carbonyl (C=O) groups is 2. The lowest BCUT2D eigenvalue weighted by Gasteiger charge is -2.20. The molecule has 2 heterocycles. The van der Waals surface area contributed by atoms with E-state index in [2.05, 4.69) is 15.8 Å². The van der Waals surface area contributed by atoms with Gasteiger partial charge in [-0.3, -0.25) is 9.59 Å². The van der Waals surface area contributed by atoms with E-state index in [1.807, 2.05) is 6.92 Å². The van der Waals surface area contributed by atoms with E-state index in [0.29, 0.717) is 47.9 Å². The molecule has 0 radical (unpaired) electrons. The number of hydrogen-bond donors (Lipinski definition) is 2. The van der Waals surface area contributed by atoms with Crippen molar-refractivity contribution in [2.24, 2.45) is 11.0 Å². The zero-order valence-corrected chi connectivity index (χ0v) is 16.3. The molecule has 1 aromatic rings. The van der Waals surface area contributed by atoms with Gasteiger partial charge in [0.2, 0.25) is 24.2 Å². The van der Waals surface area contributed by atoms with Crippen molar-refractivity contribution in [1.82, 2.24) is 10.7 Å². The average Bonchev–Trinajstić information content (AvgIpc) is 3.17. The van der Waals surface area contributed by atoms with Crippen molar-refractivity contribution < 1.29 is 28.5 Å². The van der Waals surface area contributed by atoms with Crippen LogP contribution in [-0.4, -0.2) is 45.6 Å². The Balaban J connectivity index is 1.90. The SMILES string of the molecule is CCCc1c(/C=N\NC(=O)[C@@H]2CCCNC2=O)c(OC)c2c(c1OC)OCO2. The van der Waals surface area contributed by atoms with Crippen LogP contribution >= 0.6 is 0 Å². The molecule has 0 unspecified atom stereocenters. The van der Waals surface area contributed by atoms with Gasteiger partial charge in [-0.1, -0.05) is 13.3 Å².